The summed E-state index contributed by atoms with van der Waals surface area (Å²) >= 11 is 0. The highest BCUT2D eigenvalue weighted by molar-refractivity contribution is 5.98. The molecule has 1 aromatic carbocycles. The second kappa shape index (κ2) is 6.06. The van der Waals surface area contributed by atoms with E-state index in [0.29, 0.717) is 12.5 Å². The van der Waals surface area contributed by atoms with Crippen LogP contribution in [0.2, 0.25) is 0 Å². The molecular formula is C17H25N3O. The van der Waals surface area contributed by atoms with Gasteiger partial charge in [-0.2, -0.15) is 0 Å². The van der Waals surface area contributed by atoms with Crippen molar-refractivity contribution < 1.29 is 4.79 Å². The molecule has 0 aromatic heterocycles. The third kappa shape index (κ3) is 2.64. The van der Waals surface area contributed by atoms with Crippen molar-refractivity contribution in [2.45, 2.75) is 25.7 Å². The summed E-state index contributed by atoms with van der Waals surface area (Å²) in [7, 11) is 2.10. The molecule has 2 aliphatic rings. The maximum absolute atomic E-state index is 13.0. The average Bonchev–Trinajstić information content (AvgIpc) is 2.93. The Bertz CT molecular complexity index is 517. The number of benzene rings is 1. The fourth-order valence-electron chi connectivity index (χ4n) is 3.80. The molecule has 1 heterocycles. The molecule has 1 amide bonds. The minimum Gasteiger partial charge on any atom is -0.373 e. The number of hydrogen-bond acceptors (Lipinski definition) is 3. The Morgan fingerprint density at radius 1 is 1.19 bits per heavy atom. The summed E-state index contributed by atoms with van der Waals surface area (Å²) in [5, 5.41) is 0. The quantitative estimate of drug-likeness (QED) is 0.907. The molecule has 21 heavy (non-hydrogen) atoms. The Hall–Kier alpha value is -1.55. The Kier molecular flexibility index (Phi) is 4.15. The standard InChI is InChI=1S/C17H25N3O/c1-19-10-5-11-20(16-9-3-2-8-15(16)19)17(21)14-7-4-6-13(14)12-18/h2-3,8-9,13-14H,4-7,10-12,18H2,1H3/t13-,14-/m1/s1. The van der Waals surface area contributed by atoms with Gasteiger partial charge in [-0.15, -0.1) is 0 Å². The molecule has 4 nitrogen and oxygen atoms in total. The number of rotatable bonds is 2. The number of carbonyl (C=O) groups excluding carboxylic acids is 1. The summed E-state index contributed by atoms with van der Waals surface area (Å²) in [6.07, 6.45) is 4.24. The predicted molar refractivity (Wildman–Crippen MR) is 86.6 cm³/mol. The van der Waals surface area contributed by atoms with Gasteiger partial charge in [-0.25, -0.2) is 0 Å². The summed E-state index contributed by atoms with van der Waals surface area (Å²) in [6, 6.07) is 8.24. The van der Waals surface area contributed by atoms with Crippen LogP contribution >= 0.6 is 0 Å². The van der Waals surface area contributed by atoms with E-state index in [1.165, 1.54) is 0 Å². The highest BCUT2D eigenvalue weighted by Gasteiger charge is 2.36. The van der Waals surface area contributed by atoms with Gasteiger partial charge in [-0.1, -0.05) is 18.6 Å². The Morgan fingerprint density at radius 2 is 1.95 bits per heavy atom. The van der Waals surface area contributed by atoms with Gasteiger partial charge in [0.05, 0.1) is 11.4 Å². The summed E-state index contributed by atoms with van der Waals surface area (Å²) in [5.41, 5.74) is 8.08. The summed E-state index contributed by atoms with van der Waals surface area (Å²) in [4.78, 5) is 17.3. The van der Waals surface area contributed by atoms with Crippen LogP contribution in [0.25, 0.3) is 0 Å². The molecule has 0 bridgehead atoms. The SMILES string of the molecule is CN1CCCN(C(=O)[C@@H]2CCC[C@@H]2CN)c2ccccc21. The van der Waals surface area contributed by atoms with Crippen molar-refractivity contribution in [2.24, 2.45) is 17.6 Å². The van der Waals surface area contributed by atoms with Gasteiger partial charge in [-0.05, 0) is 43.9 Å². The Morgan fingerprint density at radius 3 is 2.71 bits per heavy atom. The smallest absolute Gasteiger partial charge is 0.230 e. The predicted octanol–water partition coefficient (Wildman–Crippen LogP) is 2.23. The summed E-state index contributed by atoms with van der Waals surface area (Å²) in [6.45, 7) is 2.44. The minimum atomic E-state index is 0.117. The number of anilines is 2. The largest absolute Gasteiger partial charge is 0.373 e. The van der Waals surface area contributed by atoms with E-state index in [1.807, 2.05) is 17.0 Å². The molecule has 1 aliphatic carbocycles. The molecule has 0 radical (unpaired) electrons. The molecule has 1 aromatic rings. The van der Waals surface area contributed by atoms with Crippen molar-refractivity contribution in [1.82, 2.24) is 0 Å². The highest BCUT2D eigenvalue weighted by atomic mass is 16.2. The van der Waals surface area contributed by atoms with Crippen LogP contribution < -0.4 is 15.5 Å². The van der Waals surface area contributed by atoms with E-state index in [9.17, 15) is 4.79 Å². The first kappa shape index (κ1) is 14.4. The van der Waals surface area contributed by atoms with Crippen LogP contribution in [0.3, 0.4) is 0 Å². The molecule has 2 N–H and O–H groups in total. The number of fused-ring (bicyclic) bond motifs is 1. The van der Waals surface area contributed by atoms with E-state index in [0.717, 1.165) is 50.1 Å². The summed E-state index contributed by atoms with van der Waals surface area (Å²) in [5.74, 6) is 0.766. The molecular weight excluding hydrogens is 262 g/mol. The van der Waals surface area contributed by atoms with E-state index in [1.54, 1.807) is 0 Å². The number of amides is 1. The fourth-order valence-corrected chi connectivity index (χ4v) is 3.80. The van der Waals surface area contributed by atoms with Crippen LogP contribution in [0.4, 0.5) is 11.4 Å². The lowest BCUT2D eigenvalue weighted by atomic mass is 9.94. The number of carbonyl (C=O) groups is 1. The molecule has 3 rings (SSSR count). The average molecular weight is 287 g/mol. The topological polar surface area (TPSA) is 49.6 Å². The van der Waals surface area contributed by atoms with Gasteiger partial charge in [0.2, 0.25) is 5.91 Å². The lowest BCUT2D eigenvalue weighted by molar-refractivity contribution is -0.123. The van der Waals surface area contributed by atoms with Crippen molar-refractivity contribution >= 4 is 17.3 Å². The monoisotopic (exact) mass is 287 g/mol. The zero-order valence-electron chi connectivity index (χ0n) is 12.8. The van der Waals surface area contributed by atoms with E-state index in [2.05, 4.69) is 24.1 Å². The lowest BCUT2D eigenvalue weighted by Crippen LogP contribution is -2.39. The number of nitrogens with two attached hydrogens (primary N) is 1. The highest BCUT2D eigenvalue weighted by Crippen LogP contribution is 2.37. The van der Waals surface area contributed by atoms with E-state index in [4.69, 9.17) is 5.73 Å². The van der Waals surface area contributed by atoms with Crippen molar-refractivity contribution in [3.8, 4) is 0 Å². The number of para-hydroxylation sites is 2. The van der Waals surface area contributed by atoms with Gasteiger partial charge in [0.25, 0.3) is 0 Å². The van der Waals surface area contributed by atoms with Gasteiger partial charge in [0.1, 0.15) is 0 Å². The van der Waals surface area contributed by atoms with Gasteiger partial charge in [0.15, 0.2) is 0 Å². The first-order valence-electron chi connectivity index (χ1n) is 8.04. The molecule has 1 aliphatic heterocycles. The van der Waals surface area contributed by atoms with Crippen LogP contribution in [-0.4, -0.2) is 32.6 Å². The van der Waals surface area contributed by atoms with Gasteiger partial charge < -0.3 is 15.5 Å². The van der Waals surface area contributed by atoms with Crippen LogP contribution in [0.1, 0.15) is 25.7 Å². The van der Waals surface area contributed by atoms with Crippen LogP contribution in [-0.2, 0) is 4.79 Å². The third-order valence-corrected chi connectivity index (χ3v) is 5.00. The molecule has 2 atom stereocenters. The molecule has 4 heteroatoms. The van der Waals surface area contributed by atoms with E-state index in [-0.39, 0.29) is 11.8 Å². The van der Waals surface area contributed by atoms with E-state index < -0.39 is 0 Å². The van der Waals surface area contributed by atoms with Crippen molar-refractivity contribution in [3.63, 3.8) is 0 Å². The molecule has 114 valence electrons. The van der Waals surface area contributed by atoms with E-state index >= 15 is 0 Å². The first-order valence-corrected chi connectivity index (χ1v) is 8.04. The molecule has 0 spiro atoms. The second-order valence-electron chi connectivity index (χ2n) is 6.29. The normalized spacial score (nSPS) is 25.6. The molecule has 1 saturated carbocycles. The van der Waals surface area contributed by atoms with Crippen LogP contribution in [0, 0.1) is 11.8 Å². The maximum atomic E-state index is 13.0. The first-order chi connectivity index (χ1) is 10.2. The zero-order valence-corrected chi connectivity index (χ0v) is 12.8. The van der Waals surface area contributed by atoms with Gasteiger partial charge in [-0.3, -0.25) is 4.79 Å². The zero-order chi connectivity index (χ0) is 14.8. The number of hydrogen-bond donors (Lipinski definition) is 1. The van der Waals surface area contributed by atoms with Crippen molar-refractivity contribution in [3.05, 3.63) is 24.3 Å². The molecule has 0 saturated heterocycles. The fraction of sp³-hybridized carbons (Fsp3) is 0.588. The Labute approximate surface area is 126 Å². The maximum Gasteiger partial charge on any atom is 0.230 e. The molecule has 1 fully saturated rings. The van der Waals surface area contributed by atoms with Gasteiger partial charge in [0, 0.05) is 26.1 Å². The van der Waals surface area contributed by atoms with Crippen molar-refractivity contribution in [2.75, 3.05) is 36.5 Å². The van der Waals surface area contributed by atoms with Gasteiger partial charge >= 0.3 is 0 Å². The number of nitrogens with zero attached hydrogens (tertiary/aromatic N) is 2. The Balaban J connectivity index is 1.90. The second-order valence-corrected chi connectivity index (χ2v) is 6.29. The lowest BCUT2D eigenvalue weighted by Gasteiger charge is -2.28. The molecule has 0 unspecified atom stereocenters. The summed E-state index contributed by atoms with van der Waals surface area (Å²) < 4.78 is 0. The van der Waals surface area contributed by atoms with Crippen molar-refractivity contribution in [1.29, 1.82) is 0 Å². The third-order valence-electron chi connectivity index (χ3n) is 5.00. The van der Waals surface area contributed by atoms with Crippen LogP contribution in [0.5, 0.6) is 0 Å². The minimum absolute atomic E-state index is 0.117. The van der Waals surface area contributed by atoms with Crippen LogP contribution in [0.15, 0.2) is 24.3 Å².